The minimum Gasteiger partial charge on any atom is -0.342 e. The van der Waals surface area contributed by atoms with E-state index in [1.807, 2.05) is 0 Å². The molecule has 0 amide bonds. The first kappa shape index (κ1) is 25.6. The lowest BCUT2D eigenvalue weighted by molar-refractivity contribution is -0.188. The minimum absolute atomic E-state index is 0.134. The number of Topliss-reactive ketones (excluding diaryl/α,β-unsaturated/α-hetero) is 1. The molecule has 1 saturated heterocycles. The highest BCUT2D eigenvalue weighted by atomic mass is 31.2. The summed E-state index contributed by atoms with van der Waals surface area (Å²) < 4.78 is 78.9. The molecule has 1 aliphatic heterocycles. The first-order valence-corrected chi connectivity index (χ1v) is 11.5. The van der Waals surface area contributed by atoms with Gasteiger partial charge >= 0.3 is 14.0 Å². The Morgan fingerprint density at radius 1 is 0.909 bits per heavy atom. The molecule has 0 unspecified atom stereocenters. The van der Waals surface area contributed by atoms with E-state index in [0.717, 1.165) is 0 Å². The van der Waals surface area contributed by atoms with E-state index in [-0.39, 0.29) is 13.2 Å². The Bertz CT molecular complexity index is 919. The van der Waals surface area contributed by atoms with Gasteiger partial charge in [-0.15, -0.1) is 0 Å². The first-order valence-electron chi connectivity index (χ1n) is 10.1. The molecule has 0 saturated carbocycles. The Kier molecular flexibility index (Phi) is 8.10. The highest BCUT2D eigenvalue weighted by Gasteiger charge is 2.54. The Morgan fingerprint density at radius 3 is 1.85 bits per heavy atom. The normalized spacial score (nSPS) is 20.6. The predicted molar refractivity (Wildman–Crippen MR) is 111 cm³/mol. The lowest BCUT2D eigenvalue weighted by Crippen LogP contribution is -2.42. The second kappa shape index (κ2) is 10.5. The molecule has 0 bridgehead atoms. The van der Waals surface area contributed by atoms with Crippen molar-refractivity contribution in [2.24, 2.45) is 0 Å². The maximum absolute atomic E-state index is 13.3. The van der Waals surface area contributed by atoms with Crippen molar-refractivity contribution in [2.75, 3.05) is 6.61 Å². The van der Waals surface area contributed by atoms with E-state index in [9.17, 15) is 22.5 Å². The van der Waals surface area contributed by atoms with Crippen LogP contribution in [-0.4, -0.2) is 36.6 Å². The number of carbonyl (C=O) groups is 1. The number of ketones is 1. The van der Waals surface area contributed by atoms with E-state index in [0.29, 0.717) is 11.1 Å². The molecule has 1 fully saturated rings. The van der Waals surface area contributed by atoms with Crippen LogP contribution in [-0.2, 0) is 45.6 Å². The van der Waals surface area contributed by atoms with Crippen LogP contribution in [0.2, 0.25) is 0 Å². The van der Waals surface area contributed by atoms with Gasteiger partial charge in [-0.25, -0.2) is 4.57 Å². The van der Waals surface area contributed by atoms with Gasteiger partial charge in [0.1, 0.15) is 6.10 Å². The fourth-order valence-corrected chi connectivity index (χ4v) is 4.24. The number of hydrogen-bond donors (Lipinski definition) is 0. The zero-order valence-electron chi connectivity index (χ0n) is 18.0. The number of rotatable bonds is 10. The molecule has 3 rings (SSSR count). The van der Waals surface area contributed by atoms with Crippen molar-refractivity contribution in [3.05, 3.63) is 71.8 Å². The van der Waals surface area contributed by atoms with E-state index in [2.05, 4.69) is 0 Å². The summed E-state index contributed by atoms with van der Waals surface area (Å²) in [5.74, 6) is -3.59. The summed E-state index contributed by atoms with van der Waals surface area (Å²) in [7, 11) is -4.27. The van der Waals surface area contributed by atoms with Crippen molar-refractivity contribution in [1.29, 1.82) is 0 Å². The van der Waals surface area contributed by atoms with Crippen molar-refractivity contribution >= 4 is 13.6 Å². The summed E-state index contributed by atoms with van der Waals surface area (Å²) in [6.45, 7) is 1.77. The van der Waals surface area contributed by atoms with Gasteiger partial charge in [-0.3, -0.25) is 18.4 Å². The minimum atomic E-state index is -5.13. The van der Waals surface area contributed by atoms with Crippen molar-refractivity contribution in [3.63, 3.8) is 0 Å². The van der Waals surface area contributed by atoms with E-state index >= 15 is 0 Å². The number of phosphoric ester groups is 1. The van der Waals surface area contributed by atoms with Gasteiger partial charge < -0.3 is 9.47 Å². The van der Waals surface area contributed by atoms with Crippen molar-refractivity contribution in [3.8, 4) is 0 Å². The summed E-state index contributed by atoms with van der Waals surface area (Å²) in [6.07, 6.45) is -8.58. The lowest BCUT2D eigenvalue weighted by Gasteiger charge is -2.22. The monoisotopic (exact) mass is 488 g/mol. The van der Waals surface area contributed by atoms with Crippen molar-refractivity contribution in [2.45, 2.75) is 51.2 Å². The smallest absolute Gasteiger partial charge is 0.342 e. The van der Waals surface area contributed by atoms with E-state index in [1.165, 1.54) is 13.8 Å². The first-order chi connectivity index (χ1) is 15.5. The molecule has 11 heteroatoms. The molecule has 0 N–H and O–H groups in total. The number of alkyl halides is 3. The summed E-state index contributed by atoms with van der Waals surface area (Å²) in [5, 5.41) is 0. The molecule has 0 spiro atoms. The van der Waals surface area contributed by atoms with Gasteiger partial charge in [0.05, 0.1) is 19.8 Å². The predicted octanol–water partition coefficient (Wildman–Crippen LogP) is 5.20. The Balaban J connectivity index is 1.72. The SMILES string of the molecule is CC1(C)O[C@H](C(=O)C(F)(F)F)[C@@H](COP(=O)(OCc2ccccc2)OCc2ccccc2)O1. The molecule has 1 aliphatic rings. The number of carbonyl (C=O) groups excluding carboxylic acids is 1. The molecule has 0 aliphatic carbocycles. The second-order valence-corrected chi connectivity index (χ2v) is 9.39. The molecular formula is C22H24F3O7P. The average molecular weight is 488 g/mol. The summed E-state index contributed by atoms with van der Waals surface area (Å²) in [6, 6.07) is 17.6. The topological polar surface area (TPSA) is 80.3 Å². The van der Waals surface area contributed by atoms with E-state index < -0.39 is 44.4 Å². The molecule has 0 radical (unpaired) electrons. The largest absolute Gasteiger partial charge is 0.475 e. The second-order valence-electron chi connectivity index (χ2n) is 7.72. The third-order valence-corrected chi connectivity index (χ3v) is 5.94. The molecule has 1 heterocycles. The third-order valence-electron chi connectivity index (χ3n) is 4.58. The molecule has 180 valence electrons. The zero-order chi connectivity index (χ0) is 24.1. The van der Waals surface area contributed by atoms with E-state index in [1.54, 1.807) is 60.7 Å². The lowest BCUT2D eigenvalue weighted by atomic mass is 10.1. The van der Waals surface area contributed by atoms with Crippen LogP contribution in [0.5, 0.6) is 0 Å². The van der Waals surface area contributed by atoms with Crippen LogP contribution < -0.4 is 0 Å². The Morgan fingerprint density at radius 2 is 1.39 bits per heavy atom. The Labute approximate surface area is 189 Å². The zero-order valence-corrected chi connectivity index (χ0v) is 18.9. The average Bonchev–Trinajstić information content (AvgIpc) is 3.10. The summed E-state index contributed by atoms with van der Waals surface area (Å²) in [4.78, 5) is 11.8. The van der Waals surface area contributed by atoms with Crippen molar-refractivity contribution < 1.29 is 45.6 Å². The van der Waals surface area contributed by atoms with Crippen LogP contribution in [0.4, 0.5) is 13.2 Å². The molecule has 2 aromatic carbocycles. The number of hydrogen-bond acceptors (Lipinski definition) is 7. The molecule has 2 atom stereocenters. The van der Waals surface area contributed by atoms with Gasteiger partial charge in [-0.05, 0) is 25.0 Å². The van der Waals surface area contributed by atoms with Gasteiger partial charge in [-0.2, -0.15) is 13.2 Å². The van der Waals surface area contributed by atoms with Crippen LogP contribution in [0.1, 0.15) is 25.0 Å². The van der Waals surface area contributed by atoms with Crippen LogP contribution in [0.25, 0.3) is 0 Å². The number of benzene rings is 2. The van der Waals surface area contributed by atoms with Crippen molar-refractivity contribution in [1.82, 2.24) is 0 Å². The third kappa shape index (κ3) is 7.46. The summed E-state index contributed by atoms with van der Waals surface area (Å²) in [5.41, 5.74) is 1.35. The van der Waals surface area contributed by atoms with Crippen LogP contribution in [0.15, 0.2) is 60.7 Å². The van der Waals surface area contributed by atoms with E-state index in [4.69, 9.17) is 23.0 Å². The number of phosphoric acid groups is 1. The standard InChI is InChI=1S/C22H24F3O7P/c1-21(2)31-18(19(32-21)20(26)22(23,24)25)15-30-33(27,28-13-16-9-5-3-6-10-16)29-14-17-11-7-4-8-12-17/h3-12,18-19H,13-15H2,1-2H3/t18-,19+/m1/s1. The summed E-state index contributed by atoms with van der Waals surface area (Å²) >= 11 is 0. The van der Waals surface area contributed by atoms with Gasteiger partial charge in [0.15, 0.2) is 11.9 Å². The maximum Gasteiger partial charge on any atom is 0.475 e. The fraction of sp³-hybridized carbons (Fsp3) is 0.409. The van der Waals surface area contributed by atoms with Crippen LogP contribution in [0.3, 0.4) is 0 Å². The highest BCUT2D eigenvalue weighted by Crippen LogP contribution is 2.51. The van der Waals surface area contributed by atoms with Crippen LogP contribution >= 0.6 is 7.82 Å². The van der Waals surface area contributed by atoms with Gasteiger partial charge in [0, 0.05) is 0 Å². The highest BCUT2D eigenvalue weighted by molar-refractivity contribution is 7.48. The molecule has 7 nitrogen and oxygen atoms in total. The Hall–Kier alpha value is -2.07. The molecule has 2 aromatic rings. The quantitative estimate of drug-likeness (QED) is 0.426. The maximum atomic E-state index is 13.3. The number of halogens is 3. The van der Waals surface area contributed by atoms with Gasteiger partial charge in [-0.1, -0.05) is 60.7 Å². The van der Waals surface area contributed by atoms with Crippen LogP contribution in [0, 0.1) is 0 Å². The van der Waals surface area contributed by atoms with Gasteiger partial charge in [0.2, 0.25) is 0 Å². The molecule has 0 aromatic heterocycles. The molecule has 33 heavy (non-hydrogen) atoms. The fourth-order valence-electron chi connectivity index (χ4n) is 3.07. The molecular weight excluding hydrogens is 464 g/mol. The number of ether oxygens (including phenoxy) is 2. The van der Waals surface area contributed by atoms with Gasteiger partial charge in [0.25, 0.3) is 5.78 Å².